The maximum atomic E-state index is 10.1. The topological polar surface area (TPSA) is 37.3 Å². The largest absolute Gasteiger partial charge is 0.507 e. The molecule has 0 saturated heterocycles. The van der Waals surface area contributed by atoms with Crippen LogP contribution >= 0.6 is 0 Å². The molecule has 0 aromatic heterocycles. The van der Waals surface area contributed by atoms with Crippen LogP contribution < -0.4 is 0 Å². The summed E-state index contributed by atoms with van der Waals surface area (Å²) in [6.07, 6.45) is 5.32. The molecule has 74 valence electrons. The van der Waals surface area contributed by atoms with Gasteiger partial charge in [0.15, 0.2) is 6.29 Å². The molecular formula is C12H14O2. The van der Waals surface area contributed by atoms with E-state index in [0.717, 1.165) is 0 Å². The molecule has 2 saturated carbocycles. The van der Waals surface area contributed by atoms with Crippen molar-refractivity contribution < 1.29 is 9.90 Å². The Morgan fingerprint density at radius 2 is 1.86 bits per heavy atom. The minimum atomic E-state index is 0.0347. The Balaban J connectivity index is 0.000000123. The molecule has 2 atom stereocenters. The molecule has 0 spiro atoms. The van der Waals surface area contributed by atoms with Crippen LogP contribution in [0.25, 0.3) is 0 Å². The van der Waals surface area contributed by atoms with Crippen LogP contribution in [0.3, 0.4) is 0 Å². The molecule has 1 aromatic rings. The van der Waals surface area contributed by atoms with E-state index in [-0.39, 0.29) is 5.75 Å². The van der Waals surface area contributed by atoms with Crippen LogP contribution in [-0.2, 0) is 0 Å². The van der Waals surface area contributed by atoms with E-state index in [1.807, 2.05) is 0 Å². The van der Waals surface area contributed by atoms with Gasteiger partial charge < -0.3 is 5.11 Å². The van der Waals surface area contributed by atoms with E-state index in [2.05, 4.69) is 0 Å². The van der Waals surface area contributed by atoms with Gasteiger partial charge >= 0.3 is 0 Å². The normalized spacial score (nSPS) is 26.3. The van der Waals surface area contributed by atoms with Crippen molar-refractivity contribution in [2.45, 2.75) is 19.3 Å². The second-order valence-electron chi connectivity index (χ2n) is 4.01. The average Bonchev–Trinajstić information content (AvgIpc) is 2.75. The van der Waals surface area contributed by atoms with Gasteiger partial charge in [-0.05, 0) is 43.2 Å². The lowest BCUT2D eigenvalue weighted by Crippen LogP contribution is -1.93. The number of rotatable bonds is 1. The van der Waals surface area contributed by atoms with E-state index in [4.69, 9.17) is 5.11 Å². The molecule has 0 aliphatic heterocycles. The number of hydrogen-bond donors (Lipinski definition) is 1. The molecule has 0 radical (unpaired) electrons. The molecule has 2 fully saturated rings. The average molecular weight is 190 g/mol. The summed E-state index contributed by atoms with van der Waals surface area (Å²) in [7, 11) is 0. The molecule has 0 heterocycles. The number of fused-ring (bicyclic) bond motifs is 1. The number of carbonyl (C=O) groups is 1. The number of hydrogen-bond acceptors (Lipinski definition) is 2. The van der Waals surface area contributed by atoms with Crippen LogP contribution in [-0.4, -0.2) is 11.4 Å². The first kappa shape index (κ1) is 9.25. The highest BCUT2D eigenvalue weighted by atomic mass is 16.3. The van der Waals surface area contributed by atoms with Crippen LogP contribution in [0.15, 0.2) is 24.3 Å². The summed E-state index contributed by atoms with van der Waals surface area (Å²) in [6, 6.07) is 6.40. The summed E-state index contributed by atoms with van der Waals surface area (Å²) < 4.78 is 0. The van der Waals surface area contributed by atoms with Crippen molar-refractivity contribution in [2.75, 3.05) is 0 Å². The lowest BCUT2D eigenvalue weighted by Gasteiger charge is -2.04. The maximum Gasteiger partial charge on any atom is 0.153 e. The molecule has 2 aliphatic rings. The fourth-order valence-corrected chi connectivity index (χ4v) is 1.77. The summed E-state index contributed by atoms with van der Waals surface area (Å²) in [5.74, 6) is 2.50. The van der Waals surface area contributed by atoms with Gasteiger partial charge in [0.05, 0.1) is 5.56 Å². The Morgan fingerprint density at radius 3 is 2.14 bits per heavy atom. The monoisotopic (exact) mass is 190 g/mol. The highest BCUT2D eigenvalue weighted by molar-refractivity contribution is 5.78. The number of benzene rings is 1. The number of aromatic hydroxyl groups is 1. The van der Waals surface area contributed by atoms with Crippen molar-refractivity contribution in [3.63, 3.8) is 0 Å². The van der Waals surface area contributed by atoms with Gasteiger partial charge in [-0.3, -0.25) is 4.79 Å². The lowest BCUT2D eigenvalue weighted by atomic mass is 10.0. The van der Waals surface area contributed by atoms with Crippen LogP contribution in [0.1, 0.15) is 29.6 Å². The van der Waals surface area contributed by atoms with Gasteiger partial charge in [0, 0.05) is 0 Å². The van der Waals surface area contributed by atoms with Gasteiger partial charge in [0.25, 0.3) is 0 Å². The molecule has 2 aliphatic carbocycles. The molecule has 2 nitrogen and oxygen atoms in total. The van der Waals surface area contributed by atoms with E-state index in [1.54, 1.807) is 37.5 Å². The molecule has 14 heavy (non-hydrogen) atoms. The van der Waals surface area contributed by atoms with Gasteiger partial charge in [-0.2, -0.15) is 0 Å². The van der Waals surface area contributed by atoms with Gasteiger partial charge in [0.2, 0.25) is 0 Å². The fourth-order valence-electron chi connectivity index (χ4n) is 1.77. The second kappa shape index (κ2) is 3.82. The van der Waals surface area contributed by atoms with E-state index in [0.29, 0.717) is 11.8 Å². The van der Waals surface area contributed by atoms with Gasteiger partial charge in [-0.25, -0.2) is 0 Å². The number of aldehydes is 1. The van der Waals surface area contributed by atoms with Crippen LogP contribution in [0.5, 0.6) is 5.75 Å². The third-order valence-corrected chi connectivity index (χ3v) is 3.04. The molecule has 2 heteroatoms. The van der Waals surface area contributed by atoms with E-state index >= 15 is 0 Å². The maximum absolute atomic E-state index is 10.1. The molecule has 0 bridgehead atoms. The van der Waals surface area contributed by atoms with Crippen molar-refractivity contribution >= 4 is 6.29 Å². The van der Waals surface area contributed by atoms with E-state index < -0.39 is 0 Å². The highest BCUT2D eigenvalue weighted by Crippen LogP contribution is 2.55. The molecule has 1 aromatic carbocycles. The predicted octanol–water partition coefficient (Wildman–Crippen LogP) is 2.62. The first-order chi connectivity index (χ1) is 6.81. The fraction of sp³-hybridized carbons (Fsp3) is 0.417. The van der Waals surface area contributed by atoms with Crippen molar-refractivity contribution in [1.29, 1.82) is 0 Å². The standard InChI is InChI=1S/C7H6O2.C5H8/c8-5-6-3-1-2-4-7(6)9;1-2-5-3-4(1)5/h1-5,9H;4-5H,1-3H2. The Hall–Kier alpha value is -1.31. The van der Waals surface area contributed by atoms with E-state index in [1.165, 1.54) is 17.9 Å². The zero-order chi connectivity index (χ0) is 9.97. The van der Waals surface area contributed by atoms with Gasteiger partial charge in [0.1, 0.15) is 5.75 Å². The molecule has 2 unspecified atom stereocenters. The quantitative estimate of drug-likeness (QED) is 0.691. The third kappa shape index (κ3) is 1.95. The van der Waals surface area contributed by atoms with Crippen molar-refractivity contribution in [1.82, 2.24) is 0 Å². The smallest absolute Gasteiger partial charge is 0.153 e. The summed E-state index contributed by atoms with van der Waals surface area (Å²) >= 11 is 0. The second-order valence-corrected chi connectivity index (χ2v) is 4.01. The molecule has 3 rings (SSSR count). The Bertz CT molecular complexity index is 321. The SMILES string of the molecule is C1CC2CC12.O=Cc1ccccc1O. The van der Waals surface area contributed by atoms with Crippen molar-refractivity contribution in [3.05, 3.63) is 29.8 Å². The minimum Gasteiger partial charge on any atom is -0.507 e. The number of phenolic OH excluding ortho intramolecular Hbond substituents is 1. The molecule has 1 N–H and O–H groups in total. The van der Waals surface area contributed by atoms with Gasteiger partial charge in [-0.1, -0.05) is 12.1 Å². The zero-order valence-corrected chi connectivity index (χ0v) is 8.02. The molecule has 0 amide bonds. The summed E-state index contributed by atoms with van der Waals surface area (Å²) in [6.45, 7) is 0. The van der Waals surface area contributed by atoms with E-state index in [9.17, 15) is 4.79 Å². The Labute approximate surface area is 83.6 Å². The van der Waals surface area contributed by atoms with Crippen LogP contribution in [0, 0.1) is 11.8 Å². The number of carbonyl (C=O) groups excluding carboxylic acids is 1. The predicted molar refractivity (Wildman–Crippen MR) is 54.3 cm³/mol. The minimum absolute atomic E-state index is 0.0347. The van der Waals surface area contributed by atoms with Gasteiger partial charge in [-0.15, -0.1) is 0 Å². The first-order valence-corrected chi connectivity index (χ1v) is 5.04. The first-order valence-electron chi connectivity index (χ1n) is 5.04. The summed E-state index contributed by atoms with van der Waals surface area (Å²) in [5, 5.41) is 8.88. The Kier molecular flexibility index (Phi) is 2.53. The zero-order valence-electron chi connectivity index (χ0n) is 8.02. The molecular weight excluding hydrogens is 176 g/mol. The van der Waals surface area contributed by atoms with Crippen LogP contribution in [0.2, 0.25) is 0 Å². The highest BCUT2D eigenvalue weighted by Gasteiger charge is 2.44. The number of para-hydroxylation sites is 1. The third-order valence-electron chi connectivity index (χ3n) is 3.04. The van der Waals surface area contributed by atoms with Crippen molar-refractivity contribution in [3.8, 4) is 5.75 Å². The lowest BCUT2D eigenvalue weighted by molar-refractivity contribution is 0.112. The van der Waals surface area contributed by atoms with Crippen LogP contribution in [0.4, 0.5) is 0 Å². The number of phenols is 1. The summed E-state index contributed by atoms with van der Waals surface area (Å²) in [5.41, 5.74) is 0.331. The Morgan fingerprint density at radius 1 is 1.21 bits per heavy atom. The van der Waals surface area contributed by atoms with Crippen molar-refractivity contribution in [2.24, 2.45) is 11.8 Å². The summed E-state index contributed by atoms with van der Waals surface area (Å²) in [4.78, 5) is 10.1.